The summed E-state index contributed by atoms with van der Waals surface area (Å²) in [4.78, 5) is 10.9. The minimum atomic E-state index is 0.562. The summed E-state index contributed by atoms with van der Waals surface area (Å²) in [7, 11) is 0. The van der Waals surface area contributed by atoms with Crippen LogP contribution in [0.4, 0.5) is 5.82 Å². The van der Waals surface area contributed by atoms with Gasteiger partial charge in [0, 0.05) is 29.7 Å². The number of alkyl halides is 1. The second kappa shape index (κ2) is 6.84. The molecule has 0 saturated carbocycles. The Morgan fingerprint density at radius 1 is 1.31 bits per heavy atom. The van der Waals surface area contributed by atoms with E-state index in [2.05, 4.69) is 50.7 Å². The average molecular weight is 286 g/mol. The molecule has 90 valence electrons. The molecule has 0 atom stereocenters. The number of rotatable bonds is 6. The van der Waals surface area contributed by atoms with Crippen LogP contribution in [0, 0.1) is 6.92 Å². The van der Waals surface area contributed by atoms with E-state index in [9.17, 15) is 0 Å². The van der Waals surface area contributed by atoms with Gasteiger partial charge in [0.15, 0.2) is 0 Å². The van der Waals surface area contributed by atoms with Crippen LogP contribution >= 0.6 is 15.9 Å². The molecule has 0 fully saturated rings. The SMILES string of the molecule is CCC(CC)N(CCBr)c1cc(C)ncn1. The smallest absolute Gasteiger partial charge is 0.132 e. The first kappa shape index (κ1) is 13.4. The van der Waals surface area contributed by atoms with E-state index in [0.717, 1.165) is 36.2 Å². The van der Waals surface area contributed by atoms with Gasteiger partial charge in [-0.15, -0.1) is 0 Å². The first-order chi connectivity index (χ1) is 7.72. The van der Waals surface area contributed by atoms with Crippen molar-refractivity contribution in [3.05, 3.63) is 18.1 Å². The van der Waals surface area contributed by atoms with Gasteiger partial charge in [-0.05, 0) is 19.8 Å². The quantitative estimate of drug-likeness (QED) is 0.752. The van der Waals surface area contributed by atoms with Crippen LogP contribution in [0.5, 0.6) is 0 Å². The second-order valence-electron chi connectivity index (χ2n) is 3.87. The van der Waals surface area contributed by atoms with Crippen LogP contribution in [0.1, 0.15) is 32.4 Å². The fourth-order valence-corrected chi connectivity index (χ4v) is 2.28. The molecule has 1 aromatic rings. The molecule has 0 amide bonds. The molecule has 0 aliphatic rings. The van der Waals surface area contributed by atoms with Gasteiger partial charge < -0.3 is 4.90 Å². The number of hydrogen-bond donors (Lipinski definition) is 0. The molecular formula is C12H20BrN3. The van der Waals surface area contributed by atoms with E-state index in [4.69, 9.17) is 0 Å². The normalized spacial score (nSPS) is 10.8. The molecule has 16 heavy (non-hydrogen) atoms. The van der Waals surface area contributed by atoms with Crippen molar-refractivity contribution in [2.24, 2.45) is 0 Å². The summed E-state index contributed by atoms with van der Waals surface area (Å²) in [5, 5.41) is 0.965. The minimum absolute atomic E-state index is 0.562. The van der Waals surface area contributed by atoms with E-state index in [1.165, 1.54) is 0 Å². The number of aromatic nitrogens is 2. The Morgan fingerprint density at radius 2 is 2.00 bits per heavy atom. The van der Waals surface area contributed by atoms with Crippen LogP contribution < -0.4 is 4.90 Å². The van der Waals surface area contributed by atoms with Gasteiger partial charge in [-0.3, -0.25) is 0 Å². The molecule has 1 heterocycles. The van der Waals surface area contributed by atoms with Crippen molar-refractivity contribution in [3.63, 3.8) is 0 Å². The molecule has 0 bridgehead atoms. The molecule has 0 radical (unpaired) electrons. The Kier molecular flexibility index (Phi) is 5.74. The van der Waals surface area contributed by atoms with Gasteiger partial charge in [-0.25, -0.2) is 9.97 Å². The second-order valence-corrected chi connectivity index (χ2v) is 4.66. The van der Waals surface area contributed by atoms with Crippen molar-refractivity contribution < 1.29 is 0 Å². The Labute approximate surface area is 106 Å². The summed E-state index contributed by atoms with van der Waals surface area (Å²) in [6, 6.07) is 2.62. The van der Waals surface area contributed by atoms with Gasteiger partial charge in [0.1, 0.15) is 12.1 Å². The van der Waals surface area contributed by atoms with Gasteiger partial charge in [0.2, 0.25) is 0 Å². The Bertz CT molecular complexity index is 313. The van der Waals surface area contributed by atoms with Gasteiger partial charge in [0.25, 0.3) is 0 Å². The zero-order valence-electron chi connectivity index (χ0n) is 10.3. The third kappa shape index (κ3) is 3.44. The summed E-state index contributed by atoms with van der Waals surface area (Å²) in [5.74, 6) is 1.04. The maximum Gasteiger partial charge on any atom is 0.132 e. The Hall–Kier alpha value is -0.640. The summed E-state index contributed by atoms with van der Waals surface area (Å²) < 4.78 is 0. The lowest BCUT2D eigenvalue weighted by Gasteiger charge is -2.31. The van der Waals surface area contributed by atoms with Crippen molar-refractivity contribution in [3.8, 4) is 0 Å². The highest BCUT2D eigenvalue weighted by molar-refractivity contribution is 9.09. The van der Waals surface area contributed by atoms with E-state index in [-0.39, 0.29) is 0 Å². The minimum Gasteiger partial charge on any atom is -0.353 e. The molecule has 0 aliphatic heterocycles. The van der Waals surface area contributed by atoms with Crippen LogP contribution in [-0.4, -0.2) is 27.9 Å². The first-order valence-corrected chi connectivity index (χ1v) is 6.96. The van der Waals surface area contributed by atoms with Crippen molar-refractivity contribution in [1.29, 1.82) is 0 Å². The highest BCUT2D eigenvalue weighted by Gasteiger charge is 2.16. The molecule has 4 heteroatoms. The maximum absolute atomic E-state index is 4.37. The lowest BCUT2D eigenvalue weighted by molar-refractivity contribution is 0.563. The predicted molar refractivity (Wildman–Crippen MR) is 72.3 cm³/mol. The van der Waals surface area contributed by atoms with Crippen LogP contribution in [0.2, 0.25) is 0 Å². The molecule has 0 saturated heterocycles. The number of aryl methyl sites for hydroxylation is 1. The fourth-order valence-electron chi connectivity index (χ4n) is 1.90. The monoisotopic (exact) mass is 285 g/mol. The summed E-state index contributed by atoms with van der Waals surface area (Å²) in [5.41, 5.74) is 1.02. The fraction of sp³-hybridized carbons (Fsp3) is 0.667. The van der Waals surface area contributed by atoms with Gasteiger partial charge >= 0.3 is 0 Å². The number of halogens is 1. The molecule has 0 spiro atoms. The molecule has 0 aromatic carbocycles. The van der Waals surface area contributed by atoms with Crippen LogP contribution in [0.3, 0.4) is 0 Å². The third-order valence-electron chi connectivity index (χ3n) is 2.79. The van der Waals surface area contributed by atoms with E-state index in [1.807, 2.05) is 6.92 Å². The third-order valence-corrected chi connectivity index (χ3v) is 3.15. The summed E-state index contributed by atoms with van der Waals surface area (Å²) >= 11 is 3.51. The molecular weight excluding hydrogens is 266 g/mol. The molecule has 0 N–H and O–H groups in total. The van der Waals surface area contributed by atoms with Crippen LogP contribution in [0.25, 0.3) is 0 Å². The van der Waals surface area contributed by atoms with Crippen LogP contribution in [-0.2, 0) is 0 Å². The zero-order chi connectivity index (χ0) is 12.0. The maximum atomic E-state index is 4.37. The Balaban J connectivity index is 2.91. The van der Waals surface area contributed by atoms with Gasteiger partial charge in [-0.2, -0.15) is 0 Å². The lowest BCUT2D eigenvalue weighted by Crippen LogP contribution is -2.36. The standard InChI is InChI=1S/C12H20BrN3/c1-4-11(5-2)16(7-6-13)12-8-10(3)14-9-15-12/h8-9,11H,4-7H2,1-3H3. The molecule has 0 aliphatic carbocycles. The van der Waals surface area contributed by atoms with Crippen molar-refractivity contribution in [1.82, 2.24) is 9.97 Å². The first-order valence-electron chi connectivity index (χ1n) is 5.84. The van der Waals surface area contributed by atoms with E-state index in [0.29, 0.717) is 6.04 Å². The van der Waals surface area contributed by atoms with E-state index < -0.39 is 0 Å². The van der Waals surface area contributed by atoms with E-state index >= 15 is 0 Å². The topological polar surface area (TPSA) is 29.0 Å². The highest BCUT2D eigenvalue weighted by Crippen LogP contribution is 2.18. The van der Waals surface area contributed by atoms with Crippen molar-refractivity contribution in [2.75, 3.05) is 16.8 Å². The molecule has 1 aromatic heterocycles. The van der Waals surface area contributed by atoms with Crippen molar-refractivity contribution in [2.45, 2.75) is 39.7 Å². The summed E-state index contributed by atoms with van der Waals surface area (Å²) in [6.45, 7) is 7.44. The molecule has 0 unspecified atom stereocenters. The van der Waals surface area contributed by atoms with Crippen LogP contribution in [0.15, 0.2) is 12.4 Å². The highest BCUT2D eigenvalue weighted by atomic mass is 79.9. The Morgan fingerprint density at radius 3 is 2.50 bits per heavy atom. The molecule has 3 nitrogen and oxygen atoms in total. The largest absolute Gasteiger partial charge is 0.353 e. The number of hydrogen-bond acceptors (Lipinski definition) is 3. The molecule has 1 rings (SSSR count). The zero-order valence-corrected chi connectivity index (χ0v) is 11.9. The number of anilines is 1. The summed E-state index contributed by atoms with van der Waals surface area (Å²) in [6.07, 6.45) is 3.94. The predicted octanol–water partition coefficient (Wildman–Crippen LogP) is 3.17. The van der Waals surface area contributed by atoms with E-state index in [1.54, 1.807) is 6.33 Å². The number of nitrogens with zero attached hydrogens (tertiary/aromatic N) is 3. The van der Waals surface area contributed by atoms with Crippen molar-refractivity contribution >= 4 is 21.7 Å². The van der Waals surface area contributed by atoms with Gasteiger partial charge in [-0.1, -0.05) is 29.8 Å². The lowest BCUT2D eigenvalue weighted by atomic mass is 10.1. The average Bonchev–Trinajstić information content (AvgIpc) is 2.29. The van der Waals surface area contributed by atoms with Gasteiger partial charge in [0.05, 0.1) is 0 Å².